The minimum Gasteiger partial charge on any atom is -0.493 e. The fourth-order valence-electron chi connectivity index (χ4n) is 2.76. The zero-order valence-electron chi connectivity index (χ0n) is 13.7. The minimum absolute atomic E-state index is 0.141. The molecule has 5 heteroatoms. The molecule has 2 heterocycles. The molecule has 0 bridgehead atoms. The molecule has 0 radical (unpaired) electrons. The molecule has 120 valence electrons. The summed E-state index contributed by atoms with van der Waals surface area (Å²) in [6.07, 6.45) is 1.84. The van der Waals surface area contributed by atoms with Crippen molar-refractivity contribution in [3.63, 3.8) is 0 Å². The Balaban J connectivity index is 1.94. The van der Waals surface area contributed by atoms with Crippen LogP contribution in [0.3, 0.4) is 0 Å². The summed E-state index contributed by atoms with van der Waals surface area (Å²) < 4.78 is 12.0. The number of nitrogens with zero attached hydrogens (tertiary/aromatic N) is 1. The maximum absolute atomic E-state index is 5.43. The van der Waals surface area contributed by atoms with E-state index in [2.05, 4.69) is 29.5 Å². The second-order valence-corrected chi connectivity index (χ2v) is 6.34. The standard InChI is InChI=1S/C18H20N2O2S/c1-11-9-16(21-3)17(22-4)10-13(11)12(2)20-15-5-7-19-14-6-8-23-18(14)15/h5-10,12H,1-4H3,(H,19,20). The molecule has 1 aromatic carbocycles. The molecule has 0 aliphatic carbocycles. The Kier molecular flexibility index (Phi) is 4.39. The van der Waals surface area contributed by atoms with E-state index in [-0.39, 0.29) is 6.04 Å². The van der Waals surface area contributed by atoms with Crippen LogP contribution in [0.5, 0.6) is 11.5 Å². The van der Waals surface area contributed by atoms with E-state index in [1.165, 1.54) is 15.8 Å². The number of pyridine rings is 1. The monoisotopic (exact) mass is 328 g/mol. The van der Waals surface area contributed by atoms with Crippen LogP contribution in [-0.2, 0) is 0 Å². The van der Waals surface area contributed by atoms with Crippen LogP contribution >= 0.6 is 11.3 Å². The van der Waals surface area contributed by atoms with E-state index in [0.717, 1.165) is 22.7 Å². The maximum Gasteiger partial charge on any atom is 0.161 e. The lowest BCUT2D eigenvalue weighted by Crippen LogP contribution is -2.09. The molecular formula is C18H20N2O2S. The van der Waals surface area contributed by atoms with Gasteiger partial charge in [0.2, 0.25) is 0 Å². The first-order valence-electron chi connectivity index (χ1n) is 7.45. The Morgan fingerprint density at radius 3 is 2.61 bits per heavy atom. The van der Waals surface area contributed by atoms with Crippen molar-refractivity contribution in [3.05, 3.63) is 47.0 Å². The van der Waals surface area contributed by atoms with Crippen molar-refractivity contribution in [1.29, 1.82) is 0 Å². The number of fused-ring (bicyclic) bond motifs is 1. The summed E-state index contributed by atoms with van der Waals surface area (Å²) in [6.45, 7) is 4.23. The van der Waals surface area contributed by atoms with Crippen LogP contribution < -0.4 is 14.8 Å². The van der Waals surface area contributed by atoms with Crippen molar-refractivity contribution < 1.29 is 9.47 Å². The molecule has 0 aliphatic rings. The number of hydrogen-bond acceptors (Lipinski definition) is 5. The Morgan fingerprint density at radius 1 is 1.13 bits per heavy atom. The molecule has 1 unspecified atom stereocenters. The molecule has 0 saturated carbocycles. The molecule has 0 saturated heterocycles. The first-order chi connectivity index (χ1) is 11.1. The third-order valence-corrected chi connectivity index (χ3v) is 4.89. The molecule has 0 aliphatic heterocycles. The number of rotatable bonds is 5. The molecule has 4 nitrogen and oxygen atoms in total. The van der Waals surface area contributed by atoms with Gasteiger partial charge < -0.3 is 14.8 Å². The number of benzene rings is 1. The summed E-state index contributed by atoms with van der Waals surface area (Å²) in [4.78, 5) is 4.38. The Bertz CT molecular complexity index is 829. The van der Waals surface area contributed by atoms with Crippen LogP contribution in [0.2, 0.25) is 0 Å². The molecule has 2 aromatic heterocycles. The molecular weight excluding hydrogens is 308 g/mol. The summed E-state index contributed by atoms with van der Waals surface area (Å²) in [7, 11) is 3.32. The van der Waals surface area contributed by atoms with Gasteiger partial charge in [-0.15, -0.1) is 11.3 Å². The molecule has 3 rings (SSSR count). The second kappa shape index (κ2) is 6.46. The highest BCUT2D eigenvalue weighted by Gasteiger charge is 2.15. The molecule has 0 amide bonds. The van der Waals surface area contributed by atoms with Crippen LogP contribution in [0.15, 0.2) is 35.8 Å². The summed E-state index contributed by atoms with van der Waals surface area (Å²) in [5.41, 5.74) is 4.48. The highest BCUT2D eigenvalue weighted by atomic mass is 32.1. The van der Waals surface area contributed by atoms with Gasteiger partial charge in [0.25, 0.3) is 0 Å². The van der Waals surface area contributed by atoms with E-state index < -0.39 is 0 Å². The van der Waals surface area contributed by atoms with Crippen LogP contribution in [0.1, 0.15) is 24.1 Å². The maximum atomic E-state index is 5.43. The van der Waals surface area contributed by atoms with E-state index in [1.807, 2.05) is 30.5 Å². The topological polar surface area (TPSA) is 43.4 Å². The van der Waals surface area contributed by atoms with Gasteiger partial charge >= 0.3 is 0 Å². The normalized spacial score (nSPS) is 12.2. The van der Waals surface area contributed by atoms with Crippen molar-refractivity contribution >= 4 is 27.2 Å². The highest BCUT2D eigenvalue weighted by molar-refractivity contribution is 7.17. The summed E-state index contributed by atoms with van der Waals surface area (Å²) in [6, 6.07) is 8.25. The summed E-state index contributed by atoms with van der Waals surface area (Å²) in [5, 5.41) is 5.66. The van der Waals surface area contributed by atoms with Crippen molar-refractivity contribution in [2.75, 3.05) is 19.5 Å². The van der Waals surface area contributed by atoms with Gasteiger partial charge in [-0.05, 0) is 54.6 Å². The lowest BCUT2D eigenvalue weighted by molar-refractivity contribution is 0.354. The third kappa shape index (κ3) is 2.97. The number of methoxy groups -OCH3 is 2. The number of nitrogens with one attached hydrogen (secondary N) is 1. The van der Waals surface area contributed by atoms with Gasteiger partial charge in [-0.1, -0.05) is 0 Å². The Hall–Kier alpha value is -2.27. The van der Waals surface area contributed by atoms with Gasteiger partial charge in [0.1, 0.15) is 0 Å². The fraction of sp³-hybridized carbons (Fsp3) is 0.278. The van der Waals surface area contributed by atoms with Gasteiger partial charge in [0.05, 0.1) is 30.1 Å². The minimum atomic E-state index is 0.141. The Labute approximate surface area is 140 Å². The van der Waals surface area contributed by atoms with E-state index in [1.54, 1.807) is 25.6 Å². The van der Waals surface area contributed by atoms with Gasteiger partial charge in [-0.2, -0.15) is 0 Å². The molecule has 1 N–H and O–H groups in total. The van der Waals surface area contributed by atoms with Crippen LogP contribution in [-0.4, -0.2) is 19.2 Å². The smallest absolute Gasteiger partial charge is 0.161 e. The first kappa shape index (κ1) is 15.6. The number of anilines is 1. The number of hydrogen-bond donors (Lipinski definition) is 1. The number of thiophene rings is 1. The van der Waals surface area contributed by atoms with Crippen molar-refractivity contribution in [2.45, 2.75) is 19.9 Å². The van der Waals surface area contributed by atoms with Crippen molar-refractivity contribution in [1.82, 2.24) is 4.98 Å². The molecule has 23 heavy (non-hydrogen) atoms. The molecule has 1 atom stereocenters. The van der Waals surface area contributed by atoms with Gasteiger partial charge in [-0.3, -0.25) is 4.98 Å². The average molecular weight is 328 g/mol. The molecule has 0 spiro atoms. The van der Waals surface area contributed by atoms with Gasteiger partial charge in [-0.25, -0.2) is 0 Å². The number of aromatic nitrogens is 1. The lowest BCUT2D eigenvalue weighted by Gasteiger charge is -2.20. The van der Waals surface area contributed by atoms with Gasteiger partial charge in [0, 0.05) is 12.2 Å². The second-order valence-electron chi connectivity index (χ2n) is 5.42. The molecule has 3 aromatic rings. The van der Waals surface area contributed by atoms with E-state index >= 15 is 0 Å². The summed E-state index contributed by atoms with van der Waals surface area (Å²) in [5.74, 6) is 1.50. The third-order valence-electron chi connectivity index (χ3n) is 3.95. The largest absolute Gasteiger partial charge is 0.493 e. The predicted molar refractivity (Wildman–Crippen MR) is 95.9 cm³/mol. The zero-order valence-corrected chi connectivity index (χ0v) is 14.5. The summed E-state index contributed by atoms with van der Waals surface area (Å²) >= 11 is 1.70. The quantitative estimate of drug-likeness (QED) is 0.731. The van der Waals surface area contributed by atoms with E-state index in [4.69, 9.17) is 9.47 Å². The number of aryl methyl sites for hydroxylation is 1. The van der Waals surface area contributed by atoms with Crippen LogP contribution in [0.25, 0.3) is 10.2 Å². The highest BCUT2D eigenvalue weighted by Crippen LogP contribution is 2.35. The lowest BCUT2D eigenvalue weighted by atomic mass is 10.0. The van der Waals surface area contributed by atoms with Gasteiger partial charge in [0.15, 0.2) is 11.5 Å². The average Bonchev–Trinajstić information content (AvgIpc) is 3.04. The first-order valence-corrected chi connectivity index (χ1v) is 8.33. The Morgan fingerprint density at radius 2 is 1.87 bits per heavy atom. The van der Waals surface area contributed by atoms with Crippen LogP contribution in [0, 0.1) is 6.92 Å². The predicted octanol–water partition coefficient (Wildman–Crippen LogP) is 4.80. The van der Waals surface area contributed by atoms with Crippen molar-refractivity contribution in [2.24, 2.45) is 0 Å². The fourth-order valence-corrected chi connectivity index (χ4v) is 3.59. The van der Waals surface area contributed by atoms with E-state index in [9.17, 15) is 0 Å². The van der Waals surface area contributed by atoms with Crippen LogP contribution in [0.4, 0.5) is 5.69 Å². The molecule has 0 fully saturated rings. The van der Waals surface area contributed by atoms with Crippen molar-refractivity contribution in [3.8, 4) is 11.5 Å². The SMILES string of the molecule is COc1cc(C)c(C(C)Nc2ccnc3ccsc23)cc1OC. The van der Waals surface area contributed by atoms with E-state index in [0.29, 0.717) is 0 Å². The number of ether oxygens (including phenoxy) is 2. The zero-order chi connectivity index (χ0) is 16.4.